The molecule has 0 aromatic carbocycles. The second kappa shape index (κ2) is 3.64. The molecule has 0 nitrogen and oxygen atoms in total. The molecular formula is C6H12Cl2Si. The molecule has 9 heavy (non-hydrogen) atoms. The van der Waals surface area contributed by atoms with E-state index in [0.29, 0.717) is 5.88 Å². The predicted molar refractivity (Wildman–Crippen MR) is 48.0 cm³/mol. The molecule has 0 N–H and O–H groups in total. The van der Waals surface area contributed by atoms with Crippen LogP contribution in [0.1, 0.15) is 0 Å². The lowest BCUT2D eigenvalue weighted by molar-refractivity contribution is 1.67. The second-order valence-electron chi connectivity index (χ2n) is 2.96. The Morgan fingerprint density at radius 3 is 2.00 bits per heavy atom. The van der Waals surface area contributed by atoms with Crippen LogP contribution in [0.15, 0.2) is 10.7 Å². The molecule has 0 amide bonds. The van der Waals surface area contributed by atoms with Crippen molar-refractivity contribution >= 4 is 31.3 Å². The van der Waals surface area contributed by atoms with Crippen LogP contribution in [0, 0.1) is 0 Å². The maximum atomic E-state index is 5.90. The lowest BCUT2D eigenvalue weighted by Gasteiger charge is -2.13. The molecule has 0 saturated carbocycles. The van der Waals surface area contributed by atoms with Gasteiger partial charge in [0.15, 0.2) is 0 Å². The average Bonchev–Trinajstić information content (AvgIpc) is 1.64. The molecule has 0 rings (SSSR count). The first-order valence-corrected chi connectivity index (χ1v) is 7.32. The first-order chi connectivity index (χ1) is 3.98. The van der Waals surface area contributed by atoms with Gasteiger partial charge in [-0.25, -0.2) is 0 Å². The molecule has 0 atom stereocenters. The van der Waals surface area contributed by atoms with Crippen LogP contribution in [0.3, 0.4) is 0 Å². The molecule has 0 radical (unpaired) electrons. The Kier molecular flexibility index (Phi) is 3.86. The molecule has 54 valence electrons. The van der Waals surface area contributed by atoms with E-state index in [1.165, 1.54) is 0 Å². The Bertz CT molecular complexity index is 113. The standard InChI is InChI=1S/C6H12Cl2Si/c1-9(2,3)6(8)4-5-7/h4H,5H2,1-3H3/b6-4+. The van der Waals surface area contributed by atoms with E-state index in [0.717, 1.165) is 4.66 Å². The van der Waals surface area contributed by atoms with Gasteiger partial charge in [-0.15, -0.1) is 11.6 Å². The number of rotatable bonds is 2. The van der Waals surface area contributed by atoms with Gasteiger partial charge in [-0.2, -0.15) is 0 Å². The zero-order valence-corrected chi connectivity index (χ0v) is 8.55. The van der Waals surface area contributed by atoms with Gasteiger partial charge < -0.3 is 0 Å². The van der Waals surface area contributed by atoms with Crippen LogP contribution in [0.5, 0.6) is 0 Å². The zero-order chi connectivity index (χ0) is 7.49. The highest BCUT2D eigenvalue weighted by molar-refractivity contribution is 6.91. The van der Waals surface area contributed by atoms with Crippen molar-refractivity contribution < 1.29 is 0 Å². The predicted octanol–water partition coefficient (Wildman–Crippen LogP) is 3.23. The van der Waals surface area contributed by atoms with Crippen LogP contribution in [0.2, 0.25) is 19.6 Å². The molecule has 0 bridgehead atoms. The quantitative estimate of drug-likeness (QED) is 0.455. The van der Waals surface area contributed by atoms with Gasteiger partial charge in [0.2, 0.25) is 0 Å². The summed E-state index contributed by atoms with van der Waals surface area (Å²) in [5.74, 6) is 0.531. The van der Waals surface area contributed by atoms with Crippen molar-refractivity contribution in [2.75, 3.05) is 5.88 Å². The van der Waals surface area contributed by atoms with Crippen molar-refractivity contribution in [2.45, 2.75) is 19.6 Å². The Labute approximate surface area is 67.9 Å². The summed E-state index contributed by atoms with van der Waals surface area (Å²) in [6, 6.07) is 0. The van der Waals surface area contributed by atoms with Gasteiger partial charge in [0, 0.05) is 10.5 Å². The van der Waals surface area contributed by atoms with Gasteiger partial charge in [0.25, 0.3) is 0 Å². The van der Waals surface area contributed by atoms with Crippen LogP contribution in [-0.4, -0.2) is 14.0 Å². The van der Waals surface area contributed by atoms with Crippen LogP contribution < -0.4 is 0 Å². The Hall–Kier alpha value is 0.537. The fraction of sp³-hybridized carbons (Fsp3) is 0.667. The SMILES string of the molecule is C[Si](C)(C)/C(Cl)=C/CCl. The third kappa shape index (κ3) is 4.01. The fourth-order valence-electron chi connectivity index (χ4n) is 0.374. The van der Waals surface area contributed by atoms with Gasteiger partial charge in [-0.05, 0) is 0 Å². The van der Waals surface area contributed by atoms with Crippen molar-refractivity contribution in [1.82, 2.24) is 0 Å². The third-order valence-electron chi connectivity index (χ3n) is 0.973. The highest BCUT2D eigenvalue weighted by Crippen LogP contribution is 2.17. The van der Waals surface area contributed by atoms with E-state index in [1.54, 1.807) is 0 Å². The maximum Gasteiger partial charge on any atom is 0.0918 e. The minimum absolute atomic E-state index is 0.531. The van der Waals surface area contributed by atoms with Crippen LogP contribution in [0.25, 0.3) is 0 Å². The van der Waals surface area contributed by atoms with Crippen LogP contribution >= 0.6 is 23.2 Å². The van der Waals surface area contributed by atoms with E-state index in [1.807, 2.05) is 6.08 Å². The minimum atomic E-state index is -1.24. The molecule has 0 saturated heterocycles. The summed E-state index contributed by atoms with van der Waals surface area (Å²) in [7, 11) is -1.24. The van der Waals surface area contributed by atoms with Crippen molar-refractivity contribution in [3.8, 4) is 0 Å². The molecule has 0 aliphatic rings. The molecule has 3 heteroatoms. The fourth-order valence-corrected chi connectivity index (χ4v) is 1.53. The molecule has 0 unspecified atom stereocenters. The first kappa shape index (κ1) is 9.54. The summed E-state index contributed by atoms with van der Waals surface area (Å²) >= 11 is 11.4. The summed E-state index contributed by atoms with van der Waals surface area (Å²) in [5.41, 5.74) is 0. The molecule has 0 aliphatic carbocycles. The van der Waals surface area contributed by atoms with Crippen molar-refractivity contribution in [2.24, 2.45) is 0 Å². The number of hydrogen-bond acceptors (Lipinski definition) is 0. The van der Waals surface area contributed by atoms with E-state index in [4.69, 9.17) is 23.2 Å². The maximum absolute atomic E-state index is 5.90. The number of alkyl halides is 1. The lowest BCUT2D eigenvalue weighted by Crippen LogP contribution is -2.20. The van der Waals surface area contributed by atoms with Gasteiger partial charge >= 0.3 is 0 Å². The lowest BCUT2D eigenvalue weighted by atomic mass is 10.8. The highest BCUT2D eigenvalue weighted by atomic mass is 35.5. The molecular weight excluding hydrogens is 171 g/mol. The van der Waals surface area contributed by atoms with E-state index in [9.17, 15) is 0 Å². The van der Waals surface area contributed by atoms with Gasteiger partial charge in [0.1, 0.15) is 0 Å². The molecule has 0 heterocycles. The smallest absolute Gasteiger partial charge is 0.0918 e. The van der Waals surface area contributed by atoms with E-state index >= 15 is 0 Å². The summed E-state index contributed by atoms with van der Waals surface area (Å²) in [4.78, 5) is 0. The summed E-state index contributed by atoms with van der Waals surface area (Å²) in [5, 5.41) is 0. The topological polar surface area (TPSA) is 0 Å². The molecule has 0 spiro atoms. The average molecular weight is 183 g/mol. The van der Waals surface area contributed by atoms with Crippen LogP contribution in [-0.2, 0) is 0 Å². The Balaban J connectivity index is 4.03. The van der Waals surface area contributed by atoms with E-state index in [-0.39, 0.29) is 0 Å². The van der Waals surface area contributed by atoms with Crippen molar-refractivity contribution in [1.29, 1.82) is 0 Å². The molecule has 0 fully saturated rings. The highest BCUT2D eigenvalue weighted by Gasteiger charge is 2.16. The first-order valence-electron chi connectivity index (χ1n) is 2.90. The number of hydrogen-bond donors (Lipinski definition) is 0. The minimum Gasteiger partial charge on any atom is -0.122 e. The monoisotopic (exact) mass is 182 g/mol. The van der Waals surface area contributed by atoms with Crippen molar-refractivity contribution in [3.05, 3.63) is 10.7 Å². The zero-order valence-electron chi connectivity index (χ0n) is 6.04. The largest absolute Gasteiger partial charge is 0.122 e. The molecule has 0 aliphatic heterocycles. The van der Waals surface area contributed by atoms with Gasteiger partial charge in [0.05, 0.1) is 8.07 Å². The second-order valence-corrected chi connectivity index (χ2v) is 9.03. The van der Waals surface area contributed by atoms with E-state index < -0.39 is 8.07 Å². The molecule has 0 aromatic rings. The van der Waals surface area contributed by atoms with Gasteiger partial charge in [-0.3, -0.25) is 0 Å². The summed E-state index contributed by atoms with van der Waals surface area (Å²) in [6.45, 7) is 6.58. The molecule has 0 aromatic heterocycles. The Morgan fingerprint density at radius 2 is 1.89 bits per heavy atom. The normalized spacial score (nSPS) is 14.1. The summed E-state index contributed by atoms with van der Waals surface area (Å²) < 4.78 is 0.970. The Morgan fingerprint density at radius 1 is 1.44 bits per heavy atom. The van der Waals surface area contributed by atoms with Crippen molar-refractivity contribution in [3.63, 3.8) is 0 Å². The summed E-state index contributed by atoms with van der Waals surface area (Å²) in [6.07, 6.45) is 1.88. The van der Waals surface area contributed by atoms with Gasteiger partial charge in [-0.1, -0.05) is 37.3 Å². The number of allylic oxidation sites excluding steroid dienone is 1. The third-order valence-corrected chi connectivity index (χ3v) is 4.62. The van der Waals surface area contributed by atoms with E-state index in [2.05, 4.69) is 19.6 Å². The van der Waals surface area contributed by atoms with Crippen LogP contribution in [0.4, 0.5) is 0 Å². The number of halogens is 2.